The summed E-state index contributed by atoms with van der Waals surface area (Å²) in [5.41, 5.74) is 7.97. The molecule has 0 aromatic heterocycles. The Morgan fingerprint density at radius 2 is 1.88 bits per heavy atom. The van der Waals surface area contributed by atoms with E-state index in [2.05, 4.69) is 5.32 Å². The van der Waals surface area contributed by atoms with Gasteiger partial charge in [-0.3, -0.25) is 13.8 Å². The van der Waals surface area contributed by atoms with Crippen LogP contribution in [0.3, 0.4) is 0 Å². The molecule has 2 aromatic rings. The third-order valence-corrected chi connectivity index (χ3v) is 5.31. The van der Waals surface area contributed by atoms with E-state index >= 15 is 0 Å². The molecule has 0 radical (unpaired) electrons. The summed E-state index contributed by atoms with van der Waals surface area (Å²) in [7, 11) is -1.41. The second-order valence-corrected chi connectivity index (χ2v) is 7.29. The molecule has 0 saturated heterocycles. The van der Waals surface area contributed by atoms with E-state index in [-0.39, 0.29) is 11.7 Å². The van der Waals surface area contributed by atoms with E-state index < -0.39 is 22.0 Å². The molecule has 2 aromatic carbocycles. The highest BCUT2D eigenvalue weighted by molar-refractivity contribution is 7.85. The van der Waals surface area contributed by atoms with Crippen molar-refractivity contribution in [2.75, 3.05) is 5.32 Å². The number of hydrogen-bond donors (Lipinski definition) is 2. The van der Waals surface area contributed by atoms with E-state index in [0.29, 0.717) is 16.8 Å². The molecular weight excluding hydrogens is 324 g/mol. The van der Waals surface area contributed by atoms with Gasteiger partial charge in [-0.15, -0.1) is 0 Å². The summed E-state index contributed by atoms with van der Waals surface area (Å²) in [6, 6.07) is 14.1. The third-order valence-electron chi connectivity index (χ3n) is 3.69. The van der Waals surface area contributed by atoms with Gasteiger partial charge in [0, 0.05) is 27.8 Å². The number of anilines is 1. The van der Waals surface area contributed by atoms with Crippen LogP contribution in [0.15, 0.2) is 48.5 Å². The van der Waals surface area contributed by atoms with Crippen LogP contribution in [-0.4, -0.2) is 21.3 Å². The number of aryl methyl sites for hydroxylation is 1. The van der Waals surface area contributed by atoms with Crippen molar-refractivity contribution in [3.63, 3.8) is 0 Å². The van der Waals surface area contributed by atoms with Crippen LogP contribution in [0, 0.1) is 6.92 Å². The normalized spacial score (nSPS) is 13.1. The maximum absolute atomic E-state index is 12.4. The fourth-order valence-electron chi connectivity index (χ4n) is 2.17. The number of carbonyl (C=O) groups is 2. The number of para-hydroxylation sites is 1. The smallest absolute Gasteiger partial charge is 0.248 e. The van der Waals surface area contributed by atoms with Gasteiger partial charge < -0.3 is 11.1 Å². The Hall–Kier alpha value is -2.47. The van der Waals surface area contributed by atoms with Crippen LogP contribution in [0.25, 0.3) is 0 Å². The molecule has 0 aliphatic rings. The summed E-state index contributed by atoms with van der Waals surface area (Å²) in [6.07, 6.45) is 0. The van der Waals surface area contributed by atoms with Gasteiger partial charge in [0.1, 0.15) is 5.25 Å². The largest absolute Gasteiger partial charge is 0.366 e. The van der Waals surface area contributed by atoms with Crippen molar-refractivity contribution in [1.29, 1.82) is 0 Å². The van der Waals surface area contributed by atoms with Crippen LogP contribution in [0.5, 0.6) is 0 Å². The zero-order chi connectivity index (χ0) is 17.7. The van der Waals surface area contributed by atoms with E-state index in [4.69, 9.17) is 5.73 Å². The molecule has 2 atom stereocenters. The zero-order valence-corrected chi connectivity index (χ0v) is 14.4. The predicted octanol–water partition coefficient (Wildman–Crippen LogP) is 2.37. The lowest BCUT2D eigenvalue weighted by atomic mass is 10.1. The first-order chi connectivity index (χ1) is 11.4. The molecule has 0 heterocycles. The summed E-state index contributed by atoms with van der Waals surface area (Å²) in [5, 5.41) is 2.12. The fraction of sp³-hybridized carbons (Fsp3) is 0.222. The molecule has 2 amide bonds. The Labute approximate surface area is 143 Å². The standard InChI is InChI=1S/C18H20N2O3S/c1-12-6-3-4-9-16(12)20-18(22)13(2)24(23)11-14-7-5-8-15(10-14)17(19)21/h3-10,13H,11H2,1-2H3,(H2,19,21)(H,20,22). The molecule has 0 fully saturated rings. The second kappa shape index (κ2) is 7.88. The van der Waals surface area contributed by atoms with E-state index in [1.54, 1.807) is 37.3 Å². The SMILES string of the molecule is Cc1ccccc1NC(=O)C(C)S(=O)Cc1cccc(C(N)=O)c1. The molecule has 24 heavy (non-hydrogen) atoms. The zero-order valence-electron chi connectivity index (χ0n) is 13.6. The van der Waals surface area contributed by atoms with Gasteiger partial charge in [0.25, 0.3) is 0 Å². The molecule has 126 valence electrons. The lowest BCUT2D eigenvalue weighted by Gasteiger charge is -2.14. The Morgan fingerprint density at radius 3 is 2.54 bits per heavy atom. The van der Waals surface area contributed by atoms with Gasteiger partial charge in [0.2, 0.25) is 11.8 Å². The summed E-state index contributed by atoms with van der Waals surface area (Å²) >= 11 is 0. The average Bonchev–Trinajstić information content (AvgIpc) is 2.56. The van der Waals surface area contributed by atoms with E-state index in [1.165, 1.54) is 0 Å². The van der Waals surface area contributed by atoms with Crippen molar-refractivity contribution in [3.05, 3.63) is 65.2 Å². The number of amides is 2. The quantitative estimate of drug-likeness (QED) is 0.843. The second-order valence-electron chi connectivity index (χ2n) is 5.54. The van der Waals surface area contributed by atoms with Crippen molar-refractivity contribution in [1.82, 2.24) is 0 Å². The maximum atomic E-state index is 12.4. The van der Waals surface area contributed by atoms with Crippen molar-refractivity contribution in [3.8, 4) is 0 Å². The topological polar surface area (TPSA) is 89.3 Å². The van der Waals surface area contributed by atoms with Gasteiger partial charge in [-0.2, -0.15) is 0 Å². The van der Waals surface area contributed by atoms with Crippen LogP contribution < -0.4 is 11.1 Å². The first-order valence-corrected chi connectivity index (χ1v) is 8.89. The lowest BCUT2D eigenvalue weighted by molar-refractivity contribution is -0.115. The molecule has 0 saturated carbocycles. The van der Waals surface area contributed by atoms with Crippen molar-refractivity contribution in [2.24, 2.45) is 5.73 Å². The van der Waals surface area contributed by atoms with Gasteiger partial charge >= 0.3 is 0 Å². The first-order valence-electron chi connectivity index (χ1n) is 7.51. The van der Waals surface area contributed by atoms with Crippen LogP contribution in [0.2, 0.25) is 0 Å². The van der Waals surface area contributed by atoms with Crippen molar-refractivity contribution in [2.45, 2.75) is 24.9 Å². The van der Waals surface area contributed by atoms with Crippen molar-refractivity contribution < 1.29 is 13.8 Å². The molecule has 0 spiro atoms. The molecule has 2 rings (SSSR count). The molecule has 6 heteroatoms. The number of carbonyl (C=O) groups excluding carboxylic acids is 2. The highest BCUT2D eigenvalue weighted by Gasteiger charge is 2.21. The predicted molar refractivity (Wildman–Crippen MR) is 96.1 cm³/mol. The van der Waals surface area contributed by atoms with Gasteiger partial charge in [-0.1, -0.05) is 30.3 Å². The van der Waals surface area contributed by atoms with E-state index in [9.17, 15) is 13.8 Å². The lowest BCUT2D eigenvalue weighted by Crippen LogP contribution is -2.30. The minimum atomic E-state index is -1.41. The summed E-state index contributed by atoms with van der Waals surface area (Å²) in [6.45, 7) is 3.52. The first kappa shape index (κ1) is 17.9. The van der Waals surface area contributed by atoms with Crippen molar-refractivity contribution >= 4 is 28.3 Å². The Kier molecular flexibility index (Phi) is 5.87. The molecule has 5 nitrogen and oxygen atoms in total. The van der Waals surface area contributed by atoms with Gasteiger partial charge in [-0.05, 0) is 43.2 Å². The van der Waals surface area contributed by atoms with Gasteiger partial charge in [-0.25, -0.2) is 0 Å². The maximum Gasteiger partial charge on any atom is 0.248 e. The summed E-state index contributed by atoms with van der Waals surface area (Å²) in [5.74, 6) is -0.648. The molecular formula is C18H20N2O3S. The average molecular weight is 344 g/mol. The molecule has 0 aliphatic heterocycles. The summed E-state index contributed by atoms with van der Waals surface area (Å²) < 4.78 is 12.4. The summed E-state index contributed by atoms with van der Waals surface area (Å²) in [4.78, 5) is 23.5. The molecule has 3 N–H and O–H groups in total. The van der Waals surface area contributed by atoms with Crippen LogP contribution >= 0.6 is 0 Å². The fourth-order valence-corrected chi connectivity index (χ4v) is 3.23. The molecule has 0 bridgehead atoms. The Morgan fingerprint density at radius 1 is 1.17 bits per heavy atom. The Balaban J connectivity index is 2.04. The number of rotatable bonds is 6. The number of primary amides is 1. The van der Waals surface area contributed by atoms with Crippen LogP contribution in [-0.2, 0) is 21.3 Å². The monoisotopic (exact) mass is 344 g/mol. The number of benzene rings is 2. The highest BCUT2D eigenvalue weighted by Crippen LogP contribution is 2.15. The van der Waals surface area contributed by atoms with Gasteiger partial charge in [0.15, 0.2) is 0 Å². The van der Waals surface area contributed by atoms with Crippen LogP contribution in [0.1, 0.15) is 28.4 Å². The van der Waals surface area contributed by atoms with E-state index in [1.807, 2.05) is 25.1 Å². The number of hydrogen-bond acceptors (Lipinski definition) is 3. The van der Waals surface area contributed by atoms with Crippen LogP contribution in [0.4, 0.5) is 5.69 Å². The third kappa shape index (κ3) is 4.52. The van der Waals surface area contributed by atoms with Gasteiger partial charge in [0.05, 0.1) is 0 Å². The number of nitrogens with one attached hydrogen (secondary N) is 1. The number of nitrogens with two attached hydrogens (primary N) is 1. The van der Waals surface area contributed by atoms with E-state index in [0.717, 1.165) is 5.56 Å². The molecule has 2 unspecified atom stereocenters. The minimum absolute atomic E-state index is 0.184. The minimum Gasteiger partial charge on any atom is -0.366 e. The Bertz CT molecular complexity index is 789. The highest BCUT2D eigenvalue weighted by atomic mass is 32.2. The molecule has 0 aliphatic carbocycles.